The van der Waals surface area contributed by atoms with Crippen LogP contribution >= 0.6 is 15.9 Å². The van der Waals surface area contributed by atoms with Gasteiger partial charge in [0.15, 0.2) is 5.58 Å². The van der Waals surface area contributed by atoms with Crippen LogP contribution < -0.4 is 11.1 Å². The number of halogens is 1. The number of rotatable bonds is 4. The zero-order valence-electron chi connectivity index (χ0n) is 15.0. The molecule has 0 aliphatic heterocycles. The molecule has 0 spiro atoms. The first-order valence-corrected chi connectivity index (χ1v) is 9.64. The van der Waals surface area contributed by atoms with Crippen LogP contribution in [0.4, 0.5) is 5.82 Å². The highest BCUT2D eigenvalue weighted by Crippen LogP contribution is 2.48. The van der Waals surface area contributed by atoms with Gasteiger partial charge in [-0.3, -0.25) is 9.78 Å². The standard InChI is InChI=1S/C20H16BrN5O2/c1-23-17-12-8-24-16(20(4-5-20)19(22)27)7-11(12)13(9-25-17)18-26-14-3-2-10(21)6-15(14)28-18/h2-3,6-9H,4-5H2,1H3,(H2,22,27)(H,23,25). The Bertz CT molecular complexity index is 1260. The molecule has 1 amide bonds. The molecule has 8 heteroatoms. The van der Waals surface area contributed by atoms with Gasteiger partial charge in [-0.15, -0.1) is 0 Å². The summed E-state index contributed by atoms with van der Waals surface area (Å²) in [5, 5.41) is 4.77. The number of oxazole rings is 1. The van der Waals surface area contributed by atoms with Gasteiger partial charge in [-0.1, -0.05) is 15.9 Å². The number of carbonyl (C=O) groups excluding carboxylic acids is 1. The molecule has 1 fully saturated rings. The van der Waals surface area contributed by atoms with Crippen molar-refractivity contribution in [2.75, 3.05) is 12.4 Å². The number of hydrogen-bond donors (Lipinski definition) is 2. The Morgan fingerprint density at radius 2 is 2.04 bits per heavy atom. The van der Waals surface area contributed by atoms with Crippen molar-refractivity contribution in [3.63, 3.8) is 0 Å². The summed E-state index contributed by atoms with van der Waals surface area (Å²) in [6.45, 7) is 0. The van der Waals surface area contributed by atoms with Crippen LogP contribution in [0.1, 0.15) is 18.5 Å². The first-order valence-electron chi connectivity index (χ1n) is 8.85. The number of nitrogens with zero attached hydrogens (tertiary/aromatic N) is 3. The molecule has 1 aliphatic carbocycles. The lowest BCUT2D eigenvalue weighted by atomic mass is 9.98. The van der Waals surface area contributed by atoms with E-state index in [0.717, 1.165) is 39.2 Å². The molecule has 0 unspecified atom stereocenters. The number of aromatic nitrogens is 3. The quantitative estimate of drug-likeness (QED) is 0.503. The van der Waals surface area contributed by atoms with Crippen LogP contribution in [0, 0.1) is 0 Å². The van der Waals surface area contributed by atoms with E-state index in [0.29, 0.717) is 23.0 Å². The molecular formula is C20H16BrN5O2. The molecule has 0 saturated heterocycles. The summed E-state index contributed by atoms with van der Waals surface area (Å²) in [7, 11) is 1.80. The fourth-order valence-corrected chi connectivity index (χ4v) is 3.87. The summed E-state index contributed by atoms with van der Waals surface area (Å²) in [6, 6.07) is 7.60. The molecule has 3 N–H and O–H groups in total. The third kappa shape index (κ3) is 2.48. The topological polar surface area (TPSA) is 107 Å². The van der Waals surface area contributed by atoms with E-state index in [-0.39, 0.29) is 5.91 Å². The molecular weight excluding hydrogens is 422 g/mol. The van der Waals surface area contributed by atoms with Crippen molar-refractivity contribution in [1.29, 1.82) is 0 Å². The first-order chi connectivity index (χ1) is 13.5. The lowest BCUT2D eigenvalue weighted by Gasteiger charge is -2.13. The number of nitrogens with one attached hydrogen (secondary N) is 1. The molecule has 1 saturated carbocycles. The van der Waals surface area contributed by atoms with Gasteiger partial charge >= 0.3 is 0 Å². The molecule has 140 valence electrons. The number of nitrogens with two attached hydrogens (primary N) is 1. The van der Waals surface area contributed by atoms with E-state index in [1.54, 1.807) is 19.4 Å². The highest BCUT2D eigenvalue weighted by molar-refractivity contribution is 9.10. The van der Waals surface area contributed by atoms with Gasteiger partial charge in [-0.2, -0.15) is 0 Å². The second kappa shape index (κ2) is 6.00. The molecule has 1 aromatic carbocycles. The van der Waals surface area contributed by atoms with E-state index in [9.17, 15) is 4.79 Å². The van der Waals surface area contributed by atoms with Crippen molar-refractivity contribution in [3.8, 4) is 11.5 Å². The number of anilines is 1. The van der Waals surface area contributed by atoms with Crippen molar-refractivity contribution < 1.29 is 9.21 Å². The van der Waals surface area contributed by atoms with Crippen LogP contribution in [0.3, 0.4) is 0 Å². The summed E-state index contributed by atoms with van der Waals surface area (Å²) in [5.74, 6) is 0.824. The van der Waals surface area contributed by atoms with Gasteiger partial charge in [0.2, 0.25) is 11.8 Å². The van der Waals surface area contributed by atoms with Crippen molar-refractivity contribution in [1.82, 2.24) is 15.0 Å². The fraction of sp³-hybridized carbons (Fsp3) is 0.200. The fourth-order valence-electron chi connectivity index (χ4n) is 3.53. The van der Waals surface area contributed by atoms with Crippen molar-refractivity contribution in [3.05, 3.63) is 46.8 Å². The Labute approximate surface area is 168 Å². The molecule has 3 aromatic heterocycles. The highest BCUT2D eigenvalue weighted by Gasteiger charge is 2.51. The number of amides is 1. The maximum absolute atomic E-state index is 12.0. The van der Waals surface area contributed by atoms with Crippen LogP contribution in [-0.4, -0.2) is 27.9 Å². The van der Waals surface area contributed by atoms with E-state index in [2.05, 4.69) is 36.2 Å². The average Bonchev–Trinajstić information content (AvgIpc) is 3.41. The van der Waals surface area contributed by atoms with E-state index in [1.807, 2.05) is 24.3 Å². The maximum Gasteiger partial charge on any atom is 0.229 e. The molecule has 0 atom stereocenters. The van der Waals surface area contributed by atoms with Gasteiger partial charge in [-0.05, 0) is 37.1 Å². The number of fused-ring (bicyclic) bond motifs is 2. The minimum atomic E-state index is -0.666. The van der Waals surface area contributed by atoms with Gasteiger partial charge in [0, 0.05) is 34.7 Å². The Morgan fingerprint density at radius 1 is 1.21 bits per heavy atom. The molecule has 4 aromatic rings. The highest BCUT2D eigenvalue weighted by atomic mass is 79.9. The molecule has 5 rings (SSSR count). The average molecular weight is 438 g/mol. The number of primary amides is 1. The van der Waals surface area contributed by atoms with Crippen molar-refractivity contribution in [2.45, 2.75) is 18.3 Å². The molecule has 0 radical (unpaired) electrons. The number of benzene rings is 1. The van der Waals surface area contributed by atoms with E-state index in [1.165, 1.54) is 0 Å². The smallest absolute Gasteiger partial charge is 0.229 e. The lowest BCUT2D eigenvalue weighted by molar-refractivity contribution is -0.120. The predicted octanol–water partition coefficient (Wildman–Crippen LogP) is 3.76. The van der Waals surface area contributed by atoms with E-state index in [4.69, 9.17) is 10.2 Å². The van der Waals surface area contributed by atoms with E-state index >= 15 is 0 Å². The van der Waals surface area contributed by atoms with Crippen LogP contribution in [0.5, 0.6) is 0 Å². The predicted molar refractivity (Wildman–Crippen MR) is 110 cm³/mol. The number of pyridine rings is 2. The molecule has 1 aliphatic rings. The minimum absolute atomic E-state index is 0.337. The summed E-state index contributed by atoms with van der Waals surface area (Å²) < 4.78 is 6.91. The first kappa shape index (κ1) is 17.1. The third-order valence-corrected chi connectivity index (χ3v) is 5.79. The van der Waals surface area contributed by atoms with Crippen molar-refractivity contribution in [2.24, 2.45) is 5.73 Å². The Hall–Kier alpha value is -3.00. The van der Waals surface area contributed by atoms with Gasteiger partial charge < -0.3 is 15.5 Å². The summed E-state index contributed by atoms with van der Waals surface area (Å²) in [4.78, 5) is 25.6. The monoisotopic (exact) mass is 437 g/mol. The largest absolute Gasteiger partial charge is 0.436 e. The van der Waals surface area contributed by atoms with Crippen LogP contribution in [0.2, 0.25) is 0 Å². The maximum atomic E-state index is 12.0. The summed E-state index contributed by atoms with van der Waals surface area (Å²) in [6.07, 6.45) is 4.89. The van der Waals surface area contributed by atoms with Gasteiger partial charge in [0.05, 0.1) is 16.7 Å². The number of carbonyl (C=O) groups is 1. The van der Waals surface area contributed by atoms with Crippen LogP contribution in [-0.2, 0) is 10.2 Å². The van der Waals surface area contributed by atoms with Crippen LogP contribution in [0.25, 0.3) is 33.3 Å². The Morgan fingerprint density at radius 3 is 2.75 bits per heavy atom. The molecule has 7 nitrogen and oxygen atoms in total. The van der Waals surface area contributed by atoms with Gasteiger partial charge in [0.1, 0.15) is 11.3 Å². The Kier molecular flexibility index (Phi) is 3.67. The third-order valence-electron chi connectivity index (χ3n) is 5.30. The van der Waals surface area contributed by atoms with E-state index < -0.39 is 5.41 Å². The zero-order chi connectivity index (χ0) is 19.5. The van der Waals surface area contributed by atoms with Crippen LogP contribution in [0.15, 0.2) is 45.5 Å². The van der Waals surface area contributed by atoms with Gasteiger partial charge in [0.25, 0.3) is 0 Å². The summed E-state index contributed by atoms with van der Waals surface area (Å²) in [5.41, 5.74) is 7.84. The number of hydrogen-bond acceptors (Lipinski definition) is 6. The molecule has 3 heterocycles. The lowest BCUT2D eigenvalue weighted by Crippen LogP contribution is -2.29. The second-order valence-electron chi connectivity index (χ2n) is 6.96. The zero-order valence-corrected chi connectivity index (χ0v) is 16.6. The summed E-state index contributed by atoms with van der Waals surface area (Å²) >= 11 is 3.45. The normalized spacial score (nSPS) is 15.1. The minimum Gasteiger partial charge on any atom is -0.436 e. The molecule has 0 bridgehead atoms. The van der Waals surface area contributed by atoms with Gasteiger partial charge in [-0.25, -0.2) is 9.97 Å². The SMILES string of the molecule is CNc1ncc(-c2nc3ccc(Br)cc3o2)c2cc(C3(C(N)=O)CC3)ncc12. The second-order valence-corrected chi connectivity index (χ2v) is 7.88. The Balaban J connectivity index is 1.76. The van der Waals surface area contributed by atoms with Crippen molar-refractivity contribution >= 4 is 49.5 Å². The molecule has 28 heavy (non-hydrogen) atoms.